The molecular weight excluding hydrogens is 265 g/mol. The summed E-state index contributed by atoms with van der Waals surface area (Å²) in [4.78, 5) is 12.9. The lowest BCUT2D eigenvalue weighted by Gasteiger charge is -2.04. The molecule has 0 saturated carbocycles. The van der Waals surface area contributed by atoms with Crippen molar-refractivity contribution >= 4 is 17.5 Å². The zero-order valence-corrected chi connectivity index (χ0v) is 11.4. The van der Waals surface area contributed by atoms with Crippen LogP contribution in [-0.2, 0) is 6.54 Å². The van der Waals surface area contributed by atoms with E-state index in [1.165, 1.54) is 30.1 Å². The van der Waals surface area contributed by atoms with Crippen molar-refractivity contribution in [3.8, 4) is 0 Å². The summed E-state index contributed by atoms with van der Waals surface area (Å²) in [5.74, 6) is -0.00316. The Labute approximate surface area is 115 Å². The number of hydrogen-bond donors (Lipinski definition) is 0. The van der Waals surface area contributed by atoms with Gasteiger partial charge in [0.1, 0.15) is 11.5 Å². The van der Waals surface area contributed by atoms with E-state index >= 15 is 0 Å². The van der Waals surface area contributed by atoms with Crippen LogP contribution in [0.4, 0.5) is 4.39 Å². The number of rotatable bonds is 6. The summed E-state index contributed by atoms with van der Waals surface area (Å²) in [6, 6.07) is 6.09. The fourth-order valence-electron chi connectivity index (χ4n) is 1.60. The summed E-state index contributed by atoms with van der Waals surface area (Å²) in [7, 11) is 0. The second-order valence-electron chi connectivity index (χ2n) is 4.01. The van der Waals surface area contributed by atoms with Gasteiger partial charge in [0.05, 0.1) is 11.9 Å². The van der Waals surface area contributed by atoms with Crippen LogP contribution >= 0.6 is 11.8 Å². The summed E-state index contributed by atoms with van der Waals surface area (Å²) >= 11 is 1.38. The Bertz CT molecular complexity index is 553. The third-order valence-corrected chi connectivity index (χ3v) is 3.53. The van der Waals surface area contributed by atoms with E-state index in [4.69, 9.17) is 0 Å². The lowest BCUT2D eigenvalue weighted by Crippen LogP contribution is -2.12. The average molecular weight is 279 g/mol. The summed E-state index contributed by atoms with van der Waals surface area (Å²) in [6.45, 7) is 2.70. The number of ketones is 1. The molecular formula is C13H14FN3OS. The number of carbonyl (C=O) groups excluding carboxylic acids is 1. The molecule has 0 N–H and O–H groups in total. The lowest BCUT2D eigenvalue weighted by molar-refractivity contribution is 0.101. The molecule has 0 radical (unpaired) electrons. The zero-order chi connectivity index (χ0) is 13.7. The Kier molecular flexibility index (Phi) is 4.68. The first kappa shape index (κ1) is 13.7. The van der Waals surface area contributed by atoms with E-state index in [1.54, 1.807) is 16.8 Å². The molecule has 0 amide bonds. The van der Waals surface area contributed by atoms with Crippen LogP contribution in [0.2, 0.25) is 0 Å². The van der Waals surface area contributed by atoms with Crippen molar-refractivity contribution in [3.05, 3.63) is 42.0 Å². The fraction of sp³-hybridized carbons (Fsp3) is 0.308. The maximum absolute atomic E-state index is 12.8. The highest BCUT2D eigenvalue weighted by atomic mass is 32.2. The summed E-state index contributed by atoms with van der Waals surface area (Å²) < 4.78 is 14.4. The molecule has 1 aromatic carbocycles. The zero-order valence-electron chi connectivity index (χ0n) is 10.5. The molecule has 6 heteroatoms. The van der Waals surface area contributed by atoms with Crippen LogP contribution in [-0.4, -0.2) is 26.5 Å². The normalized spacial score (nSPS) is 10.6. The predicted octanol–water partition coefficient (Wildman–Crippen LogP) is 2.80. The molecule has 100 valence electrons. The van der Waals surface area contributed by atoms with Gasteiger partial charge in [0.2, 0.25) is 0 Å². The molecule has 0 bridgehead atoms. The SMILES string of the molecule is CCCn1nncc1C(=O)CSc1ccc(F)cc1. The third-order valence-electron chi connectivity index (χ3n) is 2.52. The number of hydrogen-bond acceptors (Lipinski definition) is 4. The second-order valence-corrected chi connectivity index (χ2v) is 5.06. The molecule has 19 heavy (non-hydrogen) atoms. The summed E-state index contributed by atoms with van der Waals surface area (Å²) in [5.41, 5.74) is 0.525. The van der Waals surface area contributed by atoms with E-state index in [0.717, 1.165) is 11.3 Å². The Morgan fingerprint density at radius 3 is 2.79 bits per heavy atom. The van der Waals surface area contributed by atoms with E-state index in [9.17, 15) is 9.18 Å². The van der Waals surface area contributed by atoms with E-state index in [-0.39, 0.29) is 11.6 Å². The van der Waals surface area contributed by atoms with Gasteiger partial charge in [-0.25, -0.2) is 9.07 Å². The fourth-order valence-corrected chi connectivity index (χ4v) is 2.38. The number of thioether (sulfide) groups is 1. The minimum absolute atomic E-state index is 0.0206. The number of carbonyl (C=O) groups is 1. The molecule has 0 saturated heterocycles. The van der Waals surface area contributed by atoms with Crippen molar-refractivity contribution in [2.75, 3.05) is 5.75 Å². The Morgan fingerprint density at radius 2 is 2.11 bits per heavy atom. The monoisotopic (exact) mass is 279 g/mol. The van der Waals surface area contributed by atoms with Gasteiger partial charge in [-0.3, -0.25) is 4.79 Å². The predicted molar refractivity (Wildman–Crippen MR) is 71.8 cm³/mol. The van der Waals surface area contributed by atoms with Crippen LogP contribution in [0.25, 0.3) is 0 Å². The first-order valence-electron chi connectivity index (χ1n) is 6.00. The van der Waals surface area contributed by atoms with E-state index < -0.39 is 0 Å². The minimum Gasteiger partial charge on any atom is -0.291 e. The van der Waals surface area contributed by atoms with E-state index in [0.29, 0.717) is 18.0 Å². The number of nitrogens with zero attached hydrogens (tertiary/aromatic N) is 3. The van der Waals surface area contributed by atoms with Crippen LogP contribution in [0.15, 0.2) is 35.4 Å². The molecule has 0 aliphatic heterocycles. The molecule has 2 aromatic rings. The molecule has 0 aliphatic rings. The van der Waals surface area contributed by atoms with Crippen LogP contribution in [0.3, 0.4) is 0 Å². The van der Waals surface area contributed by atoms with Crippen LogP contribution < -0.4 is 0 Å². The van der Waals surface area contributed by atoms with Crippen molar-refractivity contribution in [3.63, 3.8) is 0 Å². The Hall–Kier alpha value is -1.69. The number of benzene rings is 1. The quantitative estimate of drug-likeness (QED) is 0.602. The number of aryl methyl sites for hydroxylation is 1. The smallest absolute Gasteiger partial charge is 0.192 e. The standard InChI is InChI=1S/C13H14FN3OS/c1-2-7-17-12(8-15-16-17)13(18)9-19-11-5-3-10(14)4-6-11/h3-6,8H,2,7,9H2,1H3. The molecule has 1 aromatic heterocycles. The lowest BCUT2D eigenvalue weighted by atomic mass is 10.3. The topological polar surface area (TPSA) is 47.8 Å². The van der Waals surface area contributed by atoms with Gasteiger partial charge in [0.15, 0.2) is 5.78 Å². The first-order valence-corrected chi connectivity index (χ1v) is 6.99. The molecule has 0 atom stereocenters. The van der Waals surface area contributed by atoms with E-state index in [1.807, 2.05) is 6.92 Å². The van der Waals surface area contributed by atoms with Crippen LogP contribution in [0.1, 0.15) is 23.8 Å². The molecule has 1 heterocycles. The van der Waals surface area contributed by atoms with Gasteiger partial charge >= 0.3 is 0 Å². The highest BCUT2D eigenvalue weighted by molar-refractivity contribution is 8.00. The number of Topliss-reactive ketones (excluding diaryl/α,β-unsaturated/α-hetero) is 1. The van der Waals surface area contributed by atoms with Gasteiger partial charge in [-0.05, 0) is 30.7 Å². The first-order chi connectivity index (χ1) is 9.20. The molecule has 0 spiro atoms. The van der Waals surface area contributed by atoms with Crippen molar-refractivity contribution in [1.82, 2.24) is 15.0 Å². The van der Waals surface area contributed by atoms with Crippen molar-refractivity contribution in [2.45, 2.75) is 24.8 Å². The van der Waals surface area contributed by atoms with Crippen LogP contribution in [0.5, 0.6) is 0 Å². The van der Waals surface area contributed by atoms with Crippen molar-refractivity contribution in [1.29, 1.82) is 0 Å². The Balaban J connectivity index is 1.97. The highest BCUT2D eigenvalue weighted by Gasteiger charge is 2.13. The average Bonchev–Trinajstić information content (AvgIpc) is 2.86. The van der Waals surface area contributed by atoms with Crippen molar-refractivity contribution < 1.29 is 9.18 Å². The maximum Gasteiger partial charge on any atom is 0.192 e. The molecule has 2 rings (SSSR count). The van der Waals surface area contributed by atoms with Gasteiger partial charge in [-0.1, -0.05) is 12.1 Å². The van der Waals surface area contributed by atoms with Gasteiger partial charge in [-0.15, -0.1) is 16.9 Å². The van der Waals surface area contributed by atoms with E-state index in [2.05, 4.69) is 10.3 Å². The summed E-state index contributed by atoms with van der Waals surface area (Å²) in [6.07, 6.45) is 2.39. The minimum atomic E-state index is -0.277. The maximum atomic E-state index is 12.8. The van der Waals surface area contributed by atoms with Gasteiger partial charge in [0, 0.05) is 11.4 Å². The Morgan fingerprint density at radius 1 is 1.37 bits per heavy atom. The third kappa shape index (κ3) is 3.64. The van der Waals surface area contributed by atoms with Crippen molar-refractivity contribution in [2.24, 2.45) is 0 Å². The van der Waals surface area contributed by atoms with Gasteiger partial charge in [0.25, 0.3) is 0 Å². The summed E-state index contributed by atoms with van der Waals surface area (Å²) in [5, 5.41) is 7.64. The highest BCUT2D eigenvalue weighted by Crippen LogP contribution is 2.19. The van der Waals surface area contributed by atoms with Gasteiger partial charge < -0.3 is 0 Å². The second kappa shape index (κ2) is 6.47. The number of aromatic nitrogens is 3. The molecule has 0 aliphatic carbocycles. The molecule has 4 nitrogen and oxygen atoms in total. The molecule has 0 unspecified atom stereocenters. The van der Waals surface area contributed by atoms with Crippen LogP contribution in [0, 0.1) is 5.82 Å². The number of halogens is 1. The van der Waals surface area contributed by atoms with Gasteiger partial charge in [-0.2, -0.15) is 0 Å². The largest absolute Gasteiger partial charge is 0.291 e. The molecule has 0 fully saturated rings.